The highest BCUT2D eigenvalue weighted by molar-refractivity contribution is 7.20. The van der Waals surface area contributed by atoms with Gasteiger partial charge in [-0.15, -0.1) is 0 Å². The van der Waals surface area contributed by atoms with Gasteiger partial charge in [0, 0.05) is 6.07 Å². The van der Waals surface area contributed by atoms with Gasteiger partial charge in [-0.25, -0.2) is 4.98 Å². The van der Waals surface area contributed by atoms with Crippen molar-refractivity contribution in [2.75, 3.05) is 19.5 Å². The molecule has 8 heteroatoms. The van der Waals surface area contributed by atoms with Gasteiger partial charge in [-0.3, -0.25) is 4.79 Å². The quantitative estimate of drug-likeness (QED) is 0.468. The van der Waals surface area contributed by atoms with E-state index in [1.807, 2.05) is 13.0 Å². The normalized spacial score (nSPS) is 13.1. The highest BCUT2D eigenvalue weighted by Gasteiger charge is 2.20. The lowest BCUT2D eigenvalue weighted by Gasteiger charge is -2.14. The number of carbonyl (C=O) groups is 1. The first kappa shape index (κ1) is 20.5. The predicted molar refractivity (Wildman–Crippen MR) is 126 cm³/mol. The maximum Gasteiger partial charge on any atom is 0.260 e. The lowest BCUT2D eigenvalue weighted by Crippen LogP contribution is -2.16. The van der Waals surface area contributed by atoms with Gasteiger partial charge in [0.1, 0.15) is 5.82 Å². The zero-order chi connectivity index (χ0) is 22.2. The van der Waals surface area contributed by atoms with Gasteiger partial charge < -0.3 is 14.8 Å². The molecule has 0 saturated carbocycles. The summed E-state index contributed by atoms with van der Waals surface area (Å²) < 4.78 is 13.6. The van der Waals surface area contributed by atoms with Crippen molar-refractivity contribution in [3.63, 3.8) is 0 Å². The topological polar surface area (TPSA) is 78.3 Å². The number of aromatic nitrogens is 3. The number of anilines is 1. The molecule has 2 aromatic heterocycles. The molecule has 0 unspecified atom stereocenters. The minimum absolute atomic E-state index is 0.307. The lowest BCUT2D eigenvalue weighted by molar-refractivity contribution is 0.102. The molecule has 0 bridgehead atoms. The molecule has 1 N–H and O–H groups in total. The van der Waals surface area contributed by atoms with Crippen LogP contribution in [-0.2, 0) is 12.8 Å². The summed E-state index contributed by atoms with van der Waals surface area (Å²) in [6.07, 6.45) is 4.72. The molecule has 164 valence electrons. The third-order valence-corrected chi connectivity index (χ3v) is 6.74. The Hall–Kier alpha value is -3.39. The first-order valence-corrected chi connectivity index (χ1v) is 11.4. The van der Waals surface area contributed by atoms with E-state index in [9.17, 15) is 4.79 Å². The fourth-order valence-electron chi connectivity index (χ4n) is 4.22. The number of ether oxygens (including phenoxy) is 2. The van der Waals surface area contributed by atoms with Crippen LogP contribution in [0.2, 0.25) is 0 Å². The average molecular weight is 449 g/mol. The fraction of sp³-hybridized carbons (Fsp3) is 0.292. The van der Waals surface area contributed by atoms with Crippen molar-refractivity contribution < 1.29 is 14.3 Å². The Morgan fingerprint density at radius 3 is 2.62 bits per heavy atom. The van der Waals surface area contributed by atoms with Crippen LogP contribution < -0.4 is 14.8 Å². The van der Waals surface area contributed by atoms with E-state index in [0.717, 1.165) is 33.9 Å². The summed E-state index contributed by atoms with van der Waals surface area (Å²) >= 11 is 1.58. The summed E-state index contributed by atoms with van der Waals surface area (Å²) in [6.45, 7) is 1.89. The second-order valence-electron chi connectivity index (χ2n) is 7.87. The van der Waals surface area contributed by atoms with Crippen LogP contribution in [0, 0.1) is 6.92 Å². The van der Waals surface area contributed by atoms with E-state index in [4.69, 9.17) is 14.5 Å². The second-order valence-corrected chi connectivity index (χ2v) is 8.88. The highest BCUT2D eigenvalue weighted by Crippen LogP contribution is 2.34. The Kier molecular flexibility index (Phi) is 5.30. The molecule has 5 rings (SSSR count). The number of fused-ring (bicyclic) bond motifs is 2. The summed E-state index contributed by atoms with van der Waals surface area (Å²) in [7, 11) is 3.06. The lowest BCUT2D eigenvalue weighted by atomic mass is 9.92. The molecule has 0 radical (unpaired) electrons. The van der Waals surface area contributed by atoms with E-state index in [1.165, 1.54) is 31.1 Å². The molecule has 2 heterocycles. The zero-order valence-corrected chi connectivity index (χ0v) is 19.1. The van der Waals surface area contributed by atoms with E-state index in [-0.39, 0.29) is 5.91 Å². The number of carbonyl (C=O) groups excluding carboxylic acids is 1. The minimum atomic E-state index is -0.307. The van der Waals surface area contributed by atoms with Crippen LogP contribution in [0.3, 0.4) is 0 Å². The van der Waals surface area contributed by atoms with E-state index < -0.39 is 0 Å². The van der Waals surface area contributed by atoms with Crippen LogP contribution in [0.4, 0.5) is 5.82 Å². The maximum atomic E-state index is 13.1. The Labute approximate surface area is 190 Å². The second kappa shape index (κ2) is 8.27. The van der Waals surface area contributed by atoms with Crippen molar-refractivity contribution in [1.82, 2.24) is 14.8 Å². The number of nitrogens with one attached hydrogen (secondary N) is 1. The molecule has 1 aliphatic carbocycles. The van der Waals surface area contributed by atoms with E-state index >= 15 is 0 Å². The van der Waals surface area contributed by atoms with Gasteiger partial charge in [0.05, 0.1) is 35.7 Å². The molecule has 1 aliphatic rings. The number of thiazole rings is 1. The van der Waals surface area contributed by atoms with Crippen molar-refractivity contribution >= 4 is 33.3 Å². The van der Waals surface area contributed by atoms with Crippen LogP contribution in [0.5, 0.6) is 11.5 Å². The Balaban J connectivity index is 1.50. The van der Waals surface area contributed by atoms with E-state index in [2.05, 4.69) is 22.5 Å². The van der Waals surface area contributed by atoms with Crippen molar-refractivity contribution in [3.05, 3.63) is 58.8 Å². The molecule has 32 heavy (non-hydrogen) atoms. The number of aryl methyl sites for hydroxylation is 3. The summed E-state index contributed by atoms with van der Waals surface area (Å²) in [4.78, 5) is 17.9. The first-order chi connectivity index (χ1) is 15.6. The number of para-hydroxylation sites is 1. The third-order valence-electron chi connectivity index (χ3n) is 5.74. The SMILES string of the molecule is COc1cccc(C(=O)Nc2cc(C)nn2-c2nc3cc4c(cc3s2)CCCC4)c1OC. The number of nitrogens with zero attached hydrogens (tertiary/aromatic N) is 3. The molecule has 1 amide bonds. The fourth-order valence-corrected chi connectivity index (χ4v) is 5.19. The Morgan fingerprint density at radius 2 is 1.88 bits per heavy atom. The summed E-state index contributed by atoms with van der Waals surface area (Å²) in [5, 5.41) is 8.28. The number of amides is 1. The molecule has 0 saturated heterocycles. The number of methoxy groups -OCH3 is 2. The molecular weight excluding hydrogens is 424 g/mol. The molecule has 0 atom stereocenters. The number of benzene rings is 2. The van der Waals surface area contributed by atoms with Crippen molar-refractivity contribution in [2.45, 2.75) is 32.6 Å². The van der Waals surface area contributed by atoms with Crippen LogP contribution >= 0.6 is 11.3 Å². The van der Waals surface area contributed by atoms with Crippen molar-refractivity contribution in [3.8, 4) is 16.6 Å². The number of hydrogen-bond donors (Lipinski definition) is 1. The summed E-state index contributed by atoms with van der Waals surface area (Å²) in [5.74, 6) is 1.14. The summed E-state index contributed by atoms with van der Waals surface area (Å²) in [6, 6.07) is 11.5. The van der Waals surface area contributed by atoms with Crippen LogP contribution in [0.15, 0.2) is 36.4 Å². The van der Waals surface area contributed by atoms with Crippen LogP contribution in [0.25, 0.3) is 15.3 Å². The molecule has 7 nitrogen and oxygen atoms in total. The molecule has 0 aliphatic heterocycles. The molecule has 2 aromatic carbocycles. The van der Waals surface area contributed by atoms with Crippen LogP contribution in [0.1, 0.15) is 40.0 Å². The third kappa shape index (κ3) is 3.60. The van der Waals surface area contributed by atoms with E-state index in [1.54, 1.807) is 41.3 Å². The van der Waals surface area contributed by atoms with Crippen molar-refractivity contribution in [1.29, 1.82) is 0 Å². The van der Waals surface area contributed by atoms with Gasteiger partial charge in [-0.05, 0) is 68.0 Å². The van der Waals surface area contributed by atoms with Gasteiger partial charge in [0.25, 0.3) is 5.91 Å². The molecule has 4 aromatic rings. The number of rotatable bonds is 5. The van der Waals surface area contributed by atoms with Crippen LogP contribution in [-0.4, -0.2) is 34.9 Å². The predicted octanol–water partition coefficient (Wildman–Crippen LogP) is 4.94. The first-order valence-electron chi connectivity index (χ1n) is 10.6. The van der Waals surface area contributed by atoms with Gasteiger partial charge in [0.15, 0.2) is 11.5 Å². The zero-order valence-electron chi connectivity index (χ0n) is 18.3. The Morgan fingerprint density at radius 1 is 1.09 bits per heavy atom. The van der Waals surface area contributed by atoms with E-state index in [0.29, 0.717) is 22.9 Å². The van der Waals surface area contributed by atoms with Gasteiger partial charge in [-0.2, -0.15) is 9.78 Å². The average Bonchev–Trinajstić information content (AvgIpc) is 3.38. The van der Waals surface area contributed by atoms with Gasteiger partial charge in [0.2, 0.25) is 5.13 Å². The molecule has 0 fully saturated rings. The van der Waals surface area contributed by atoms with Crippen molar-refractivity contribution in [2.24, 2.45) is 0 Å². The molecular formula is C24H24N4O3S. The maximum absolute atomic E-state index is 13.1. The van der Waals surface area contributed by atoms with Gasteiger partial charge >= 0.3 is 0 Å². The number of hydrogen-bond acceptors (Lipinski definition) is 6. The Bertz CT molecular complexity index is 1280. The minimum Gasteiger partial charge on any atom is -0.493 e. The highest BCUT2D eigenvalue weighted by atomic mass is 32.1. The standard InChI is InChI=1S/C24H24N4O3S/c1-14-11-21(26-23(29)17-9-6-10-19(30-2)22(17)31-3)28(27-14)24-25-18-12-15-7-4-5-8-16(15)13-20(18)32-24/h6,9-13H,4-5,7-8H2,1-3H3,(H,26,29). The monoisotopic (exact) mass is 448 g/mol. The largest absolute Gasteiger partial charge is 0.493 e. The molecule has 0 spiro atoms. The summed E-state index contributed by atoms with van der Waals surface area (Å²) in [5.41, 5.74) is 4.97. The van der Waals surface area contributed by atoms with Gasteiger partial charge in [-0.1, -0.05) is 17.4 Å². The smallest absolute Gasteiger partial charge is 0.260 e.